The molecule has 3 N–H and O–H groups in total. The zero-order valence-electron chi connectivity index (χ0n) is 8.67. The van der Waals surface area contributed by atoms with Crippen LogP contribution in [0.15, 0.2) is 18.2 Å². The van der Waals surface area contributed by atoms with E-state index in [1.165, 1.54) is 19.2 Å². The van der Waals surface area contributed by atoms with Crippen molar-refractivity contribution < 1.29 is 18.3 Å². The van der Waals surface area contributed by atoms with E-state index in [0.717, 1.165) is 6.07 Å². The maximum atomic E-state index is 13.1. The van der Waals surface area contributed by atoms with Gasteiger partial charge < -0.3 is 15.8 Å². The third-order valence-corrected chi connectivity index (χ3v) is 1.89. The molecule has 0 aromatic heterocycles. The van der Waals surface area contributed by atoms with Crippen molar-refractivity contribution in [3.05, 3.63) is 29.8 Å². The molecule has 0 aliphatic rings. The van der Waals surface area contributed by atoms with Crippen LogP contribution in [0.3, 0.4) is 0 Å². The Balaban J connectivity index is 2.73. The molecule has 4 nitrogen and oxygen atoms in total. The van der Waals surface area contributed by atoms with E-state index in [2.05, 4.69) is 10.1 Å². The normalized spacial score (nSPS) is 12.2. The Bertz CT molecular complexity index is 385. The average Bonchev–Trinajstić information content (AvgIpc) is 2.25. The molecular formula is C10H12F2N2O2. The first-order chi connectivity index (χ1) is 7.56. The molecule has 1 unspecified atom stereocenters. The van der Waals surface area contributed by atoms with Gasteiger partial charge in [0, 0.05) is 7.11 Å². The van der Waals surface area contributed by atoms with Gasteiger partial charge >= 0.3 is 0 Å². The predicted molar refractivity (Wildman–Crippen MR) is 54.8 cm³/mol. The lowest BCUT2D eigenvalue weighted by Gasteiger charge is -2.11. The summed E-state index contributed by atoms with van der Waals surface area (Å²) in [5.74, 6) is -2.77. The van der Waals surface area contributed by atoms with Gasteiger partial charge in [-0.1, -0.05) is 6.07 Å². The summed E-state index contributed by atoms with van der Waals surface area (Å²) < 4.78 is 30.6. The number of hydrogen-bond donors (Lipinski definition) is 2. The molecule has 1 aromatic carbocycles. The van der Waals surface area contributed by atoms with Gasteiger partial charge in [-0.25, -0.2) is 8.78 Å². The Kier molecular flexibility index (Phi) is 4.33. The number of amides is 1. The first-order valence-electron chi connectivity index (χ1n) is 4.55. The third kappa shape index (κ3) is 2.98. The summed E-state index contributed by atoms with van der Waals surface area (Å²) in [6.45, 7) is 0.00275. The summed E-state index contributed by atoms with van der Waals surface area (Å²) in [6, 6.07) is 2.57. The molecule has 1 amide bonds. The largest absolute Gasteiger partial charge is 0.383 e. The Morgan fingerprint density at radius 2 is 2.25 bits per heavy atom. The number of benzene rings is 1. The molecule has 1 atom stereocenters. The monoisotopic (exact) mass is 230 g/mol. The van der Waals surface area contributed by atoms with Crippen LogP contribution in [-0.4, -0.2) is 25.7 Å². The molecule has 0 saturated heterocycles. The number of ether oxygens (including phenoxy) is 1. The first-order valence-corrected chi connectivity index (χ1v) is 4.55. The van der Waals surface area contributed by atoms with Crippen LogP contribution < -0.4 is 11.1 Å². The number of methoxy groups -OCH3 is 1. The van der Waals surface area contributed by atoms with E-state index in [4.69, 9.17) is 5.73 Å². The zero-order valence-corrected chi connectivity index (χ0v) is 8.67. The molecule has 0 radical (unpaired) electrons. The Morgan fingerprint density at radius 3 is 2.88 bits per heavy atom. The second-order valence-corrected chi connectivity index (χ2v) is 3.15. The van der Waals surface area contributed by atoms with E-state index in [-0.39, 0.29) is 12.3 Å². The van der Waals surface area contributed by atoms with Crippen molar-refractivity contribution in [2.75, 3.05) is 19.0 Å². The molecule has 0 fully saturated rings. The second kappa shape index (κ2) is 5.53. The topological polar surface area (TPSA) is 64.3 Å². The number of carbonyl (C=O) groups excluding carboxylic acids is 1. The van der Waals surface area contributed by atoms with Crippen molar-refractivity contribution in [1.29, 1.82) is 0 Å². The molecule has 6 heteroatoms. The molecule has 1 aromatic rings. The van der Waals surface area contributed by atoms with Gasteiger partial charge in [-0.05, 0) is 12.1 Å². The lowest BCUT2D eigenvalue weighted by Crippen LogP contribution is -2.39. The quantitative estimate of drug-likeness (QED) is 0.806. The molecule has 0 bridgehead atoms. The summed E-state index contributed by atoms with van der Waals surface area (Å²) in [4.78, 5) is 11.4. The summed E-state index contributed by atoms with van der Waals surface area (Å²) in [5.41, 5.74) is 5.17. The fourth-order valence-electron chi connectivity index (χ4n) is 1.08. The summed E-state index contributed by atoms with van der Waals surface area (Å²) >= 11 is 0. The van der Waals surface area contributed by atoms with Crippen LogP contribution in [0.25, 0.3) is 0 Å². The van der Waals surface area contributed by atoms with Crippen LogP contribution in [0.5, 0.6) is 0 Å². The molecular weight excluding hydrogens is 218 g/mol. The molecule has 88 valence electrons. The molecule has 1 rings (SSSR count). The molecule has 0 saturated carbocycles. The fourth-order valence-corrected chi connectivity index (χ4v) is 1.08. The van der Waals surface area contributed by atoms with E-state index in [1.54, 1.807) is 0 Å². The van der Waals surface area contributed by atoms with Crippen molar-refractivity contribution >= 4 is 11.6 Å². The van der Waals surface area contributed by atoms with Crippen LogP contribution in [-0.2, 0) is 9.53 Å². The molecule has 0 aliphatic carbocycles. The lowest BCUT2D eigenvalue weighted by molar-refractivity contribution is -0.118. The van der Waals surface area contributed by atoms with Gasteiger partial charge in [-0.3, -0.25) is 4.79 Å². The summed E-state index contributed by atoms with van der Waals surface area (Å²) in [5, 5.41) is 2.18. The predicted octanol–water partition coefficient (Wildman–Crippen LogP) is 0.877. The number of halogens is 2. The van der Waals surface area contributed by atoms with Gasteiger partial charge in [0.15, 0.2) is 11.6 Å². The van der Waals surface area contributed by atoms with E-state index < -0.39 is 23.6 Å². The van der Waals surface area contributed by atoms with Gasteiger partial charge in [0.2, 0.25) is 5.91 Å². The second-order valence-electron chi connectivity index (χ2n) is 3.15. The Morgan fingerprint density at radius 1 is 1.56 bits per heavy atom. The number of hydrogen-bond acceptors (Lipinski definition) is 3. The van der Waals surface area contributed by atoms with Crippen LogP contribution in [0.2, 0.25) is 0 Å². The SMILES string of the molecule is COCC(N)C(=O)Nc1cccc(F)c1F. The fraction of sp³-hybridized carbons (Fsp3) is 0.300. The maximum absolute atomic E-state index is 13.1. The number of nitrogens with two attached hydrogens (primary N) is 1. The standard InChI is InChI=1S/C10H12F2N2O2/c1-16-5-7(13)10(15)14-8-4-2-3-6(11)9(8)12/h2-4,7H,5,13H2,1H3,(H,14,15). The van der Waals surface area contributed by atoms with Crippen molar-refractivity contribution in [3.63, 3.8) is 0 Å². The Labute approximate surface area is 91.4 Å². The van der Waals surface area contributed by atoms with Crippen LogP contribution in [0.1, 0.15) is 0 Å². The zero-order chi connectivity index (χ0) is 12.1. The molecule has 0 heterocycles. The van der Waals surface area contributed by atoms with Gasteiger partial charge in [0.25, 0.3) is 0 Å². The number of nitrogens with one attached hydrogen (secondary N) is 1. The minimum atomic E-state index is -1.11. The van der Waals surface area contributed by atoms with Crippen LogP contribution in [0, 0.1) is 11.6 Å². The highest BCUT2D eigenvalue weighted by molar-refractivity contribution is 5.94. The third-order valence-electron chi connectivity index (χ3n) is 1.89. The Hall–Kier alpha value is -1.53. The van der Waals surface area contributed by atoms with Crippen LogP contribution in [0.4, 0.5) is 14.5 Å². The molecule has 16 heavy (non-hydrogen) atoms. The smallest absolute Gasteiger partial charge is 0.243 e. The van der Waals surface area contributed by atoms with E-state index in [1.807, 2.05) is 0 Å². The number of anilines is 1. The highest BCUT2D eigenvalue weighted by Gasteiger charge is 2.16. The number of rotatable bonds is 4. The van der Waals surface area contributed by atoms with Gasteiger partial charge in [-0.15, -0.1) is 0 Å². The summed E-state index contributed by atoms with van der Waals surface area (Å²) in [6.07, 6.45) is 0. The first kappa shape index (κ1) is 12.5. The van der Waals surface area contributed by atoms with Gasteiger partial charge in [0.05, 0.1) is 12.3 Å². The van der Waals surface area contributed by atoms with Gasteiger partial charge in [0.1, 0.15) is 6.04 Å². The molecule has 0 aliphatic heterocycles. The maximum Gasteiger partial charge on any atom is 0.243 e. The minimum Gasteiger partial charge on any atom is -0.383 e. The van der Waals surface area contributed by atoms with Crippen LogP contribution >= 0.6 is 0 Å². The van der Waals surface area contributed by atoms with E-state index >= 15 is 0 Å². The lowest BCUT2D eigenvalue weighted by atomic mass is 10.2. The minimum absolute atomic E-state index is 0.00275. The summed E-state index contributed by atoms with van der Waals surface area (Å²) in [7, 11) is 1.38. The number of carbonyl (C=O) groups is 1. The van der Waals surface area contributed by atoms with Crippen molar-refractivity contribution in [2.45, 2.75) is 6.04 Å². The van der Waals surface area contributed by atoms with Gasteiger partial charge in [-0.2, -0.15) is 0 Å². The van der Waals surface area contributed by atoms with E-state index in [9.17, 15) is 13.6 Å². The van der Waals surface area contributed by atoms with E-state index in [0.29, 0.717) is 0 Å². The highest BCUT2D eigenvalue weighted by atomic mass is 19.2. The highest BCUT2D eigenvalue weighted by Crippen LogP contribution is 2.16. The van der Waals surface area contributed by atoms with Crippen molar-refractivity contribution in [2.24, 2.45) is 5.73 Å². The molecule has 0 spiro atoms. The van der Waals surface area contributed by atoms with Crippen molar-refractivity contribution in [3.8, 4) is 0 Å². The average molecular weight is 230 g/mol. The van der Waals surface area contributed by atoms with Crippen molar-refractivity contribution in [1.82, 2.24) is 0 Å².